The molecule has 4 aromatic heterocycles. The maximum Gasteiger partial charge on any atom is 0.227 e. The molecule has 140 valence electrons. The smallest absolute Gasteiger partial charge is 0.227 e. The fourth-order valence-corrected chi connectivity index (χ4v) is 4.36. The lowest BCUT2D eigenvalue weighted by Gasteiger charge is -2.15. The Hall–Kier alpha value is -3.06. The Kier molecular flexibility index (Phi) is 4.37. The Morgan fingerprint density at radius 2 is 2.04 bits per heavy atom. The molecule has 0 bridgehead atoms. The van der Waals surface area contributed by atoms with E-state index in [0.717, 1.165) is 40.4 Å². The Balaban J connectivity index is 1.33. The van der Waals surface area contributed by atoms with E-state index in [-0.39, 0.29) is 11.8 Å². The number of aromatic nitrogens is 4. The van der Waals surface area contributed by atoms with E-state index in [0.29, 0.717) is 13.0 Å². The molecule has 1 fully saturated rings. The summed E-state index contributed by atoms with van der Waals surface area (Å²) >= 11 is 1.63. The number of rotatable bonds is 4. The van der Waals surface area contributed by atoms with Gasteiger partial charge in [-0.05, 0) is 47.7 Å². The van der Waals surface area contributed by atoms with Crippen LogP contribution in [0, 0.1) is 0 Å². The molecule has 5 rings (SSSR count). The van der Waals surface area contributed by atoms with Gasteiger partial charge < -0.3 is 4.90 Å². The fourth-order valence-electron chi connectivity index (χ4n) is 3.66. The molecule has 6 nitrogen and oxygen atoms in total. The van der Waals surface area contributed by atoms with Crippen LogP contribution in [0.15, 0.2) is 60.4 Å². The number of hydrogen-bond acceptors (Lipinski definition) is 5. The van der Waals surface area contributed by atoms with Crippen LogP contribution in [0.5, 0.6) is 0 Å². The Morgan fingerprint density at radius 1 is 1.14 bits per heavy atom. The first-order valence-electron chi connectivity index (χ1n) is 9.33. The third-order valence-corrected chi connectivity index (χ3v) is 6.05. The van der Waals surface area contributed by atoms with Crippen molar-refractivity contribution in [1.82, 2.24) is 24.5 Å². The summed E-state index contributed by atoms with van der Waals surface area (Å²) in [5, 5.41) is 6.71. The van der Waals surface area contributed by atoms with Gasteiger partial charge in [0.1, 0.15) is 0 Å². The minimum atomic E-state index is 0.189. The average Bonchev–Trinajstić information content (AvgIpc) is 3.47. The lowest BCUT2D eigenvalue weighted by atomic mass is 10.1. The number of fused-ring (bicyclic) bond motifs is 1. The number of likely N-dealkylation sites (tertiary alicyclic amines) is 1. The number of nitrogens with zero attached hydrogens (tertiary/aromatic N) is 5. The van der Waals surface area contributed by atoms with E-state index in [1.165, 1.54) is 0 Å². The van der Waals surface area contributed by atoms with Gasteiger partial charge in [-0.2, -0.15) is 5.10 Å². The molecular weight excluding hydrogens is 370 g/mol. The van der Waals surface area contributed by atoms with E-state index >= 15 is 0 Å². The first kappa shape index (κ1) is 17.1. The second-order valence-electron chi connectivity index (χ2n) is 7.01. The molecule has 1 aliphatic heterocycles. The second kappa shape index (κ2) is 7.16. The van der Waals surface area contributed by atoms with E-state index in [1.54, 1.807) is 23.7 Å². The largest absolute Gasteiger partial charge is 0.342 e. The van der Waals surface area contributed by atoms with Crippen molar-refractivity contribution >= 4 is 22.9 Å². The first-order chi connectivity index (χ1) is 13.8. The molecule has 0 saturated carbocycles. The minimum absolute atomic E-state index is 0.189. The van der Waals surface area contributed by atoms with Crippen LogP contribution in [-0.2, 0) is 11.2 Å². The number of amides is 1. The van der Waals surface area contributed by atoms with Gasteiger partial charge in [0.2, 0.25) is 5.91 Å². The summed E-state index contributed by atoms with van der Waals surface area (Å²) in [5.41, 5.74) is 3.00. The third-order valence-electron chi connectivity index (χ3n) is 5.17. The molecule has 0 aliphatic carbocycles. The van der Waals surface area contributed by atoms with Gasteiger partial charge in [-0.15, -0.1) is 11.3 Å². The molecular formula is C21H19N5OS. The van der Waals surface area contributed by atoms with E-state index in [1.807, 2.05) is 51.3 Å². The van der Waals surface area contributed by atoms with Crippen molar-refractivity contribution < 1.29 is 4.79 Å². The monoisotopic (exact) mass is 389 g/mol. The Morgan fingerprint density at radius 3 is 2.86 bits per heavy atom. The predicted octanol–water partition coefficient (Wildman–Crippen LogP) is 3.41. The highest BCUT2D eigenvalue weighted by atomic mass is 32.1. The average molecular weight is 389 g/mol. The summed E-state index contributed by atoms with van der Waals surface area (Å²) in [5.74, 6) is 1.20. The summed E-state index contributed by atoms with van der Waals surface area (Å²) < 4.78 is 1.83. The fraction of sp³-hybridized carbons (Fsp3) is 0.238. The summed E-state index contributed by atoms with van der Waals surface area (Å²) in [6.07, 6.45) is 6.96. The van der Waals surface area contributed by atoms with Crippen molar-refractivity contribution in [2.45, 2.75) is 18.8 Å². The zero-order chi connectivity index (χ0) is 18.9. The van der Waals surface area contributed by atoms with Gasteiger partial charge in [0.15, 0.2) is 11.5 Å². The molecule has 0 radical (unpaired) electrons. The lowest BCUT2D eigenvalue weighted by Crippen LogP contribution is -2.29. The SMILES string of the molecule is O=C(Cc1cccs1)N1CCC(c2nc3ccc(-c4ccncc4)cn3n2)C1. The highest BCUT2D eigenvalue weighted by Crippen LogP contribution is 2.27. The van der Waals surface area contributed by atoms with Crippen LogP contribution in [0.3, 0.4) is 0 Å². The minimum Gasteiger partial charge on any atom is -0.342 e. The molecule has 1 saturated heterocycles. The van der Waals surface area contributed by atoms with Crippen LogP contribution < -0.4 is 0 Å². The molecule has 1 unspecified atom stereocenters. The molecule has 1 aliphatic rings. The second-order valence-corrected chi connectivity index (χ2v) is 8.04. The van der Waals surface area contributed by atoms with E-state index in [9.17, 15) is 4.79 Å². The highest BCUT2D eigenvalue weighted by Gasteiger charge is 2.30. The number of carbonyl (C=O) groups is 1. The number of carbonyl (C=O) groups excluding carboxylic acids is 1. The van der Waals surface area contributed by atoms with Crippen LogP contribution in [0.25, 0.3) is 16.8 Å². The summed E-state index contributed by atoms with van der Waals surface area (Å²) in [6.45, 7) is 1.46. The van der Waals surface area contributed by atoms with Gasteiger partial charge in [-0.25, -0.2) is 9.50 Å². The quantitative estimate of drug-likeness (QED) is 0.537. The van der Waals surface area contributed by atoms with Crippen molar-refractivity contribution in [3.8, 4) is 11.1 Å². The molecule has 0 aromatic carbocycles. The van der Waals surface area contributed by atoms with Crippen molar-refractivity contribution in [3.63, 3.8) is 0 Å². The van der Waals surface area contributed by atoms with E-state index in [4.69, 9.17) is 10.1 Å². The molecule has 1 amide bonds. The predicted molar refractivity (Wildman–Crippen MR) is 108 cm³/mol. The van der Waals surface area contributed by atoms with Crippen LogP contribution in [0.1, 0.15) is 23.0 Å². The lowest BCUT2D eigenvalue weighted by molar-refractivity contribution is -0.129. The first-order valence-corrected chi connectivity index (χ1v) is 10.2. The van der Waals surface area contributed by atoms with Crippen molar-refractivity contribution in [1.29, 1.82) is 0 Å². The Labute approximate surface area is 166 Å². The molecule has 28 heavy (non-hydrogen) atoms. The maximum absolute atomic E-state index is 12.5. The number of pyridine rings is 2. The summed E-state index contributed by atoms with van der Waals surface area (Å²) in [4.78, 5) is 24.4. The molecule has 0 spiro atoms. The number of thiophene rings is 1. The molecule has 7 heteroatoms. The van der Waals surface area contributed by atoms with Gasteiger partial charge >= 0.3 is 0 Å². The van der Waals surface area contributed by atoms with Gasteiger partial charge in [0.25, 0.3) is 0 Å². The van der Waals surface area contributed by atoms with Gasteiger partial charge in [-0.1, -0.05) is 6.07 Å². The molecule has 1 atom stereocenters. The van der Waals surface area contributed by atoms with Crippen molar-refractivity contribution in [2.75, 3.05) is 13.1 Å². The standard InChI is InChI=1S/C21H19N5OS/c27-20(12-18-2-1-11-28-18)25-10-7-17(13-25)21-23-19-4-3-16(14-26(19)24-21)15-5-8-22-9-6-15/h1-6,8-9,11,14,17H,7,10,12-13H2. The molecule has 4 aromatic rings. The highest BCUT2D eigenvalue weighted by molar-refractivity contribution is 7.10. The molecule has 0 N–H and O–H groups in total. The zero-order valence-corrected chi connectivity index (χ0v) is 16.0. The molecule has 5 heterocycles. The van der Waals surface area contributed by atoms with E-state index in [2.05, 4.69) is 11.1 Å². The van der Waals surface area contributed by atoms with Gasteiger partial charge in [0, 0.05) is 48.0 Å². The number of hydrogen-bond donors (Lipinski definition) is 0. The summed E-state index contributed by atoms with van der Waals surface area (Å²) in [7, 11) is 0. The van der Waals surface area contributed by atoms with Gasteiger partial charge in [-0.3, -0.25) is 9.78 Å². The van der Waals surface area contributed by atoms with Crippen LogP contribution in [-0.4, -0.2) is 43.5 Å². The maximum atomic E-state index is 12.5. The van der Waals surface area contributed by atoms with Crippen molar-refractivity contribution in [2.24, 2.45) is 0 Å². The summed E-state index contributed by atoms with van der Waals surface area (Å²) in [6, 6.07) is 12.0. The third kappa shape index (κ3) is 3.29. The van der Waals surface area contributed by atoms with Crippen LogP contribution >= 0.6 is 11.3 Å². The van der Waals surface area contributed by atoms with Crippen LogP contribution in [0.4, 0.5) is 0 Å². The Bertz CT molecular complexity index is 1110. The van der Waals surface area contributed by atoms with Crippen molar-refractivity contribution in [3.05, 3.63) is 71.1 Å². The van der Waals surface area contributed by atoms with Crippen LogP contribution in [0.2, 0.25) is 0 Å². The topological polar surface area (TPSA) is 63.4 Å². The van der Waals surface area contributed by atoms with Gasteiger partial charge in [0.05, 0.1) is 6.42 Å². The zero-order valence-electron chi connectivity index (χ0n) is 15.2. The van der Waals surface area contributed by atoms with E-state index < -0.39 is 0 Å². The normalized spacial score (nSPS) is 16.7.